The van der Waals surface area contributed by atoms with Crippen LogP contribution < -0.4 is 5.32 Å². The molecular formula is C21H23ClN2O3S. The first kappa shape index (κ1) is 20.6. The molecule has 2 aromatic rings. The van der Waals surface area contributed by atoms with Gasteiger partial charge in [-0.1, -0.05) is 29.8 Å². The fraction of sp³-hybridized carbons (Fsp3) is 0.333. The lowest BCUT2D eigenvalue weighted by Gasteiger charge is -2.30. The lowest BCUT2D eigenvalue weighted by molar-refractivity contribution is -0.132. The Bertz CT molecular complexity index is 857. The molecule has 0 atom stereocenters. The standard InChI is InChI=1S/C21H23ClN2O3S/c22-19-4-2-1-3-17(19)12-23-21(27)16-7-9-24(10-8-16)20(26)6-5-18-11-15(13-25)14-28-18/h1-6,11,14,16,25H,7-10,12-13H2,(H,23,27). The molecule has 1 fully saturated rings. The van der Waals surface area contributed by atoms with Crippen molar-refractivity contribution in [3.63, 3.8) is 0 Å². The molecule has 7 heteroatoms. The van der Waals surface area contributed by atoms with E-state index in [1.807, 2.05) is 35.7 Å². The van der Waals surface area contributed by atoms with E-state index in [2.05, 4.69) is 5.32 Å². The summed E-state index contributed by atoms with van der Waals surface area (Å²) in [7, 11) is 0. The number of carbonyl (C=O) groups excluding carboxylic acids is 2. The van der Waals surface area contributed by atoms with Gasteiger partial charge in [0, 0.05) is 41.5 Å². The summed E-state index contributed by atoms with van der Waals surface area (Å²) in [5.74, 6) is -0.119. The molecule has 1 aliphatic heterocycles. The van der Waals surface area contributed by atoms with Gasteiger partial charge in [0.2, 0.25) is 11.8 Å². The van der Waals surface area contributed by atoms with Crippen molar-refractivity contribution < 1.29 is 14.7 Å². The molecule has 0 aliphatic carbocycles. The van der Waals surface area contributed by atoms with Crippen LogP contribution in [-0.2, 0) is 22.7 Å². The van der Waals surface area contributed by atoms with E-state index in [0.717, 1.165) is 16.0 Å². The third-order valence-corrected chi connectivity index (χ3v) is 6.15. The Hall–Kier alpha value is -2.15. The molecule has 28 heavy (non-hydrogen) atoms. The van der Waals surface area contributed by atoms with E-state index in [9.17, 15) is 9.59 Å². The molecule has 0 unspecified atom stereocenters. The van der Waals surface area contributed by atoms with Gasteiger partial charge in [-0.05, 0) is 47.6 Å². The second kappa shape index (κ2) is 9.87. The highest BCUT2D eigenvalue weighted by Gasteiger charge is 2.26. The molecule has 148 valence electrons. The SMILES string of the molecule is O=C(NCc1ccccc1Cl)C1CCN(C(=O)C=Cc2cc(CO)cs2)CC1. The zero-order valence-electron chi connectivity index (χ0n) is 15.4. The molecule has 2 N–H and O–H groups in total. The van der Waals surface area contributed by atoms with Gasteiger partial charge in [0.05, 0.1) is 6.61 Å². The number of likely N-dealkylation sites (tertiary alicyclic amines) is 1. The topological polar surface area (TPSA) is 69.6 Å². The van der Waals surface area contributed by atoms with Gasteiger partial charge in [-0.25, -0.2) is 0 Å². The molecule has 0 saturated carbocycles. The maximum absolute atomic E-state index is 12.4. The zero-order chi connectivity index (χ0) is 19.9. The average molecular weight is 419 g/mol. The van der Waals surface area contributed by atoms with Gasteiger partial charge in [0.15, 0.2) is 0 Å². The van der Waals surface area contributed by atoms with E-state index in [1.54, 1.807) is 17.1 Å². The summed E-state index contributed by atoms with van der Waals surface area (Å²) in [4.78, 5) is 27.5. The number of aliphatic hydroxyl groups is 1. The van der Waals surface area contributed by atoms with Crippen molar-refractivity contribution in [1.29, 1.82) is 0 Å². The van der Waals surface area contributed by atoms with E-state index in [4.69, 9.17) is 16.7 Å². The largest absolute Gasteiger partial charge is 0.392 e. The number of benzene rings is 1. The van der Waals surface area contributed by atoms with Gasteiger partial charge < -0.3 is 15.3 Å². The Labute approximate surface area is 173 Å². The summed E-state index contributed by atoms with van der Waals surface area (Å²) >= 11 is 7.61. The maximum atomic E-state index is 12.4. The van der Waals surface area contributed by atoms with E-state index in [0.29, 0.717) is 37.5 Å². The number of piperidine rings is 1. The van der Waals surface area contributed by atoms with Crippen molar-refractivity contribution in [3.05, 3.63) is 62.8 Å². The number of hydrogen-bond acceptors (Lipinski definition) is 4. The van der Waals surface area contributed by atoms with E-state index < -0.39 is 0 Å². The van der Waals surface area contributed by atoms with E-state index in [1.165, 1.54) is 11.3 Å². The van der Waals surface area contributed by atoms with Gasteiger partial charge in [0.1, 0.15) is 0 Å². The predicted octanol–water partition coefficient (Wildman–Crippen LogP) is 3.46. The Morgan fingerprint density at radius 2 is 2.04 bits per heavy atom. The maximum Gasteiger partial charge on any atom is 0.246 e. The van der Waals surface area contributed by atoms with Crippen LogP contribution in [0.2, 0.25) is 5.02 Å². The third-order valence-electron chi connectivity index (χ3n) is 4.84. The summed E-state index contributed by atoms with van der Waals surface area (Å²) in [6.07, 6.45) is 4.64. The molecule has 2 amide bonds. The van der Waals surface area contributed by atoms with Crippen LogP contribution in [0.5, 0.6) is 0 Å². The highest BCUT2D eigenvalue weighted by molar-refractivity contribution is 7.11. The number of nitrogens with zero attached hydrogens (tertiary/aromatic N) is 1. The van der Waals surface area contributed by atoms with Crippen molar-refractivity contribution >= 4 is 40.8 Å². The summed E-state index contributed by atoms with van der Waals surface area (Å²) < 4.78 is 0. The minimum absolute atomic E-state index is 0.00431. The summed E-state index contributed by atoms with van der Waals surface area (Å²) in [6, 6.07) is 9.32. The van der Waals surface area contributed by atoms with Crippen molar-refractivity contribution in [2.24, 2.45) is 5.92 Å². The van der Waals surface area contributed by atoms with Gasteiger partial charge in [0.25, 0.3) is 0 Å². The van der Waals surface area contributed by atoms with Gasteiger partial charge in [-0.2, -0.15) is 0 Å². The molecule has 1 saturated heterocycles. The molecule has 2 heterocycles. The minimum atomic E-state index is -0.0834. The molecule has 0 radical (unpaired) electrons. The lowest BCUT2D eigenvalue weighted by Crippen LogP contribution is -2.42. The van der Waals surface area contributed by atoms with E-state index >= 15 is 0 Å². The number of carbonyl (C=O) groups is 2. The third kappa shape index (κ3) is 5.44. The Morgan fingerprint density at radius 1 is 1.29 bits per heavy atom. The number of hydrogen-bond donors (Lipinski definition) is 2. The second-order valence-electron chi connectivity index (χ2n) is 6.76. The Kier molecular flexibility index (Phi) is 7.25. The fourth-order valence-corrected chi connectivity index (χ4v) is 4.15. The molecule has 3 rings (SSSR count). The molecule has 1 aromatic heterocycles. The van der Waals surface area contributed by atoms with Crippen LogP contribution in [0, 0.1) is 5.92 Å². The van der Waals surface area contributed by atoms with Crippen molar-refractivity contribution in [2.45, 2.75) is 26.0 Å². The van der Waals surface area contributed by atoms with Crippen LogP contribution in [0.25, 0.3) is 6.08 Å². The van der Waals surface area contributed by atoms with Crippen LogP contribution in [-0.4, -0.2) is 34.9 Å². The minimum Gasteiger partial charge on any atom is -0.392 e. The Morgan fingerprint density at radius 3 is 2.71 bits per heavy atom. The first-order chi connectivity index (χ1) is 13.6. The molecule has 1 aromatic carbocycles. The number of rotatable bonds is 6. The molecule has 0 spiro atoms. The fourth-order valence-electron chi connectivity index (χ4n) is 3.15. The number of aliphatic hydroxyl groups excluding tert-OH is 1. The normalized spacial score (nSPS) is 15.1. The highest BCUT2D eigenvalue weighted by Crippen LogP contribution is 2.20. The smallest absolute Gasteiger partial charge is 0.246 e. The van der Waals surface area contributed by atoms with Crippen molar-refractivity contribution in [2.75, 3.05) is 13.1 Å². The first-order valence-corrected chi connectivity index (χ1v) is 10.5. The molecule has 1 aliphatic rings. The van der Waals surface area contributed by atoms with Crippen molar-refractivity contribution in [3.8, 4) is 0 Å². The molecular weight excluding hydrogens is 396 g/mol. The van der Waals surface area contributed by atoms with Crippen LogP contribution >= 0.6 is 22.9 Å². The number of halogens is 1. The predicted molar refractivity (Wildman–Crippen MR) is 112 cm³/mol. The van der Waals surface area contributed by atoms with Crippen LogP contribution in [0.4, 0.5) is 0 Å². The van der Waals surface area contributed by atoms with E-state index in [-0.39, 0.29) is 24.3 Å². The first-order valence-electron chi connectivity index (χ1n) is 9.23. The molecule has 5 nitrogen and oxygen atoms in total. The monoisotopic (exact) mass is 418 g/mol. The van der Waals surface area contributed by atoms with Crippen LogP contribution in [0.15, 0.2) is 41.8 Å². The Balaban J connectivity index is 1.45. The zero-order valence-corrected chi connectivity index (χ0v) is 17.0. The summed E-state index contributed by atoms with van der Waals surface area (Å²) in [5, 5.41) is 14.6. The lowest BCUT2D eigenvalue weighted by atomic mass is 9.95. The number of thiophene rings is 1. The quantitative estimate of drug-likeness (QED) is 0.706. The summed E-state index contributed by atoms with van der Waals surface area (Å²) in [6.45, 7) is 1.56. The summed E-state index contributed by atoms with van der Waals surface area (Å²) in [5.41, 5.74) is 1.74. The van der Waals surface area contributed by atoms with Gasteiger partial charge >= 0.3 is 0 Å². The number of amides is 2. The van der Waals surface area contributed by atoms with Crippen LogP contribution in [0.3, 0.4) is 0 Å². The highest BCUT2D eigenvalue weighted by atomic mass is 35.5. The van der Waals surface area contributed by atoms with Crippen LogP contribution in [0.1, 0.15) is 28.8 Å². The second-order valence-corrected chi connectivity index (χ2v) is 8.11. The van der Waals surface area contributed by atoms with Gasteiger partial charge in [-0.15, -0.1) is 11.3 Å². The average Bonchev–Trinajstić information content (AvgIpc) is 3.19. The number of nitrogens with one attached hydrogen (secondary N) is 1. The molecule has 0 bridgehead atoms. The van der Waals surface area contributed by atoms with Crippen molar-refractivity contribution in [1.82, 2.24) is 10.2 Å². The van der Waals surface area contributed by atoms with Gasteiger partial charge in [-0.3, -0.25) is 9.59 Å².